The van der Waals surface area contributed by atoms with Crippen molar-refractivity contribution in [3.05, 3.63) is 0 Å². The molecule has 3 heterocycles. The van der Waals surface area contributed by atoms with Gasteiger partial charge in [0.15, 0.2) is 0 Å². The van der Waals surface area contributed by atoms with Gasteiger partial charge in [0.05, 0.1) is 0 Å². The molecule has 2 bridgehead atoms. The van der Waals surface area contributed by atoms with Crippen LogP contribution in [0.3, 0.4) is 0 Å². The van der Waals surface area contributed by atoms with Gasteiger partial charge in [-0.15, -0.1) is 11.6 Å². The van der Waals surface area contributed by atoms with E-state index in [4.69, 9.17) is 11.6 Å². The summed E-state index contributed by atoms with van der Waals surface area (Å²) in [6.07, 6.45) is 4.57. The normalized spacial score (nSPS) is 34.8. The molecule has 0 N–H and O–H groups in total. The van der Waals surface area contributed by atoms with E-state index in [-0.39, 0.29) is 0 Å². The number of alkyl halides is 1. The van der Waals surface area contributed by atoms with Crippen LogP contribution in [0.15, 0.2) is 0 Å². The maximum atomic E-state index is 6.23. The lowest BCUT2D eigenvalue weighted by atomic mass is 10.0. The van der Waals surface area contributed by atoms with E-state index in [1.54, 1.807) is 4.68 Å². The summed E-state index contributed by atoms with van der Waals surface area (Å²) in [5.41, 5.74) is 0. The molecular formula is C9H14ClN5. The fraction of sp³-hybridized carbons (Fsp3) is 0.889. The summed E-state index contributed by atoms with van der Waals surface area (Å²) in [5, 5.41) is 12.0. The number of aromatic nitrogens is 4. The summed E-state index contributed by atoms with van der Waals surface area (Å²) >= 11 is 6.23. The van der Waals surface area contributed by atoms with Crippen LogP contribution in [-0.4, -0.2) is 37.7 Å². The number of rotatable bonds is 1. The van der Waals surface area contributed by atoms with Gasteiger partial charge < -0.3 is 4.90 Å². The highest BCUT2D eigenvalue weighted by Gasteiger charge is 2.42. The van der Waals surface area contributed by atoms with Crippen molar-refractivity contribution in [3.63, 3.8) is 0 Å². The van der Waals surface area contributed by atoms with E-state index in [9.17, 15) is 0 Å². The van der Waals surface area contributed by atoms with Crippen LogP contribution in [0.25, 0.3) is 0 Å². The third-order valence-corrected chi connectivity index (χ3v) is 3.86. The van der Waals surface area contributed by atoms with Gasteiger partial charge in [0.2, 0.25) is 5.95 Å². The van der Waals surface area contributed by atoms with Gasteiger partial charge in [0, 0.05) is 24.5 Å². The minimum atomic E-state index is 0.333. The second-order valence-electron chi connectivity index (χ2n) is 4.46. The summed E-state index contributed by atoms with van der Waals surface area (Å²) in [4.78, 5) is 2.36. The van der Waals surface area contributed by atoms with Crippen LogP contribution < -0.4 is 4.90 Å². The third kappa shape index (κ3) is 1.40. The van der Waals surface area contributed by atoms with Crippen molar-refractivity contribution in [2.75, 3.05) is 4.90 Å². The van der Waals surface area contributed by atoms with E-state index >= 15 is 0 Å². The number of hydrogen-bond donors (Lipinski definition) is 0. The van der Waals surface area contributed by atoms with Crippen molar-refractivity contribution in [3.8, 4) is 0 Å². The Hall–Kier alpha value is -0.840. The van der Waals surface area contributed by atoms with E-state index in [0.717, 1.165) is 18.8 Å². The van der Waals surface area contributed by atoms with Crippen LogP contribution in [0.4, 0.5) is 5.95 Å². The van der Waals surface area contributed by atoms with Crippen LogP contribution in [0, 0.1) is 0 Å². The van der Waals surface area contributed by atoms with Crippen LogP contribution in [0.1, 0.15) is 25.7 Å². The lowest BCUT2D eigenvalue weighted by molar-refractivity contribution is 0.459. The molecule has 2 atom stereocenters. The van der Waals surface area contributed by atoms with Gasteiger partial charge in [0.1, 0.15) is 0 Å². The van der Waals surface area contributed by atoms with Crippen molar-refractivity contribution in [2.45, 2.75) is 43.1 Å². The lowest BCUT2D eigenvalue weighted by Crippen LogP contribution is -2.44. The zero-order valence-corrected chi connectivity index (χ0v) is 9.43. The van der Waals surface area contributed by atoms with Crippen molar-refractivity contribution in [1.82, 2.24) is 20.2 Å². The highest BCUT2D eigenvalue weighted by atomic mass is 35.5. The molecule has 15 heavy (non-hydrogen) atoms. The van der Waals surface area contributed by atoms with Gasteiger partial charge >= 0.3 is 0 Å². The van der Waals surface area contributed by atoms with Gasteiger partial charge in [-0.25, -0.2) is 4.68 Å². The van der Waals surface area contributed by atoms with E-state index < -0.39 is 0 Å². The SMILES string of the molecule is Cn1nnnc1N1C2CCC1CC(Cl)C2. The van der Waals surface area contributed by atoms with E-state index in [0.29, 0.717) is 17.5 Å². The monoisotopic (exact) mass is 227 g/mol. The molecule has 2 aliphatic rings. The zero-order chi connectivity index (χ0) is 10.4. The Kier molecular flexibility index (Phi) is 2.09. The Morgan fingerprint density at radius 1 is 1.27 bits per heavy atom. The maximum Gasteiger partial charge on any atom is 0.245 e. The molecule has 0 spiro atoms. The third-order valence-electron chi connectivity index (χ3n) is 3.50. The minimum absolute atomic E-state index is 0.333. The number of halogens is 1. The van der Waals surface area contributed by atoms with Crippen molar-refractivity contribution >= 4 is 17.5 Å². The average molecular weight is 228 g/mol. The lowest BCUT2D eigenvalue weighted by Gasteiger charge is -2.36. The molecule has 0 aliphatic carbocycles. The Morgan fingerprint density at radius 3 is 2.47 bits per heavy atom. The number of hydrogen-bond acceptors (Lipinski definition) is 4. The predicted molar refractivity (Wildman–Crippen MR) is 57.0 cm³/mol. The summed E-state index contributed by atoms with van der Waals surface area (Å²) in [6.45, 7) is 0. The Balaban J connectivity index is 1.92. The zero-order valence-electron chi connectivity index (χ0n) is 8.67. The van der Waals surface area contributed by atoms with Crippen LogP contribution in [-0.2, 0) is 7.05 Å². The first kappa shape index (κ1) is 9.39. The predicted octanol–water partition coefficient (Wildman–Crippen LogP) is 0.949. The van der Waals surface area contributed by atoms with Crippen LogP contribution >= 0.6 is 11.6 Å². The molecule has 0 amide bonds. The molecule has 6 heteroatoms. The molecule has 0 aromatic carbocycles. The number of aryl methyl sites for hydroxylation is 1. The molecule has 3 rings (SSSR count). The van der Waals surface area contributed by atoms with Gasteiger partial charge in [-0.3, -0.25) is 0 Å². The van der Waals surface area contributed by atoms with E-state index in [1.807, 2.05) is 7.05 Å². The van der Waals surface area contributed by atoms with Crippen molar-refractivity contribution in [2.24, 2.45) is 7.05 Å². The summed E-state index contributed by atoms with van der Waals surface area (Å²) in [6, 6.07) is 1.08. The quantitative estimate of drug-likeness (QED) is 0.671. The number of fused-ring (bicyclic) bond motifs is 2. The minimum Gasteiger partial charge on any atom is -0.334 e. The largest absolute Gasteiger partial charge is 0.334 e. The molecule has 5 nitrogen and oxygen atoms in total. The van der Waals surface area contributed by atoms with Gasteiger partial charge in [-0.05, 0) is 36.1 Å². The number of anilines is 1. The standard InChI is InChI=1S/C9H14ClN5/c1-14-9(11-12-13-14)15-7-2-3-8(15)5-6(10)4-7/h6-8H,2-5H2,1H3. The summed E-state index contributed by atoms with van der Waals surface area (Å²) in [7, 11) is 1.89. The van der Waals surface area contributed by atoms with Crippen LogP contribution in [0.2, 0.25) is 0 Å². The maximum absolute atomic E-state index is 6.23. The second kappa shape index (κ2) is 3.33. The van der Waals surface area contributed by atoms with Gasteiger partial charge in [0.25, 0.3) is 0 Å². The first-order valence-electron chi connectivity index (χ1n) is 5.40. The van der Waals surface area contributed by atoms with Crippen molar-refractivity contribution in [1.29, 1.82) is 0 Å². The summed E-state index contributed by atoms with van der Waals surface area (Å²) < 4.78 is 1.75. The molecule has 2 saturated heterocycles. The number of nitrogens with zero attached hydrogens (tertiary/aromatic N) is 5. The summed E-state index contributed by atoms with van der Waals surface area (Å²) in [5.74, 6) is 0.895. The Bertz CT molecular complexity index is 351. The topological polar surface area (TPSA) is 46.8 Å². The highest BCUT2D eigenvalue weighted by molar-refractivity contribution is 6.20. The second-order valence-corrected chi connectivity index (χ2v) is 5.08. The molecule has 2 aliphatic heterocycles. The Labute approximate surface area is 93.4 Å². The molecular weight excluding hydrogens is 214 g/mol. The van der Waals surface area contributed by atoms with Crippen molar-refractivity contribution < 1.29 is 0 Å². The molecule has 2 fully saturated rings. The fourth-order valence-corrected chi connectivity index (χ4v) is 3.29. The Morgan fingerprint density at radius 2 is 1.93 bits per heavy atom. The van der Waals surface area contributed by atoms with E-state index in [2.05, 4.69) is 20.4 Å². The molecule has 0 radical (unpaired) electrons. The average Bonchev–Trinajstić information content (AvgIpc) is 2.69. The smallest absolute Gasteiger partial charge is 0.245 e. The number of piperidine rings is 1. The molecule has 1 aromatic heterocycles. The highest BCUT2D eigenvalue weighted by Crippen LogP contribution is 2.39. The van der Waals surface area contributed by atoms with Gasteiger partial charge in [-0.2, -0.15) is 0 Å². The molecule has 0 saturated carbocycles. The fourth-order valence-electron chi connectivity index (χ4n) is 2.88. The van der Waals surface area contributed by atoms with E-state index in [1.165, 1.54) is 12.8 Å². The van der Waals surface area contributed by atoms with Gasteiger partial charge in [-0.1, -0.05) is 5.10 Å². The molecule has 2 unspecified atom stereocenters. The molecule has 1 aromatic rings. The first-order chi connectivity index (χ1) is 7.25. The number of tetrazole rings is 1. The van der Waals surface area contributed by atoms with Crippen LogP contribution in [0.5, 0.6) is 0 Å². The molecule has 82 valence electrons. The first-order valence-corrected chi connectivity index (χ1v) is 5.84.